The lowest BCUT2D eigenvalue weighted by atomic mass is 9.99. The molecule has 0 unspecified atom stereocenters. The van der Waals surface area contributed by atoms with Crippen molar-refractivity contribution in [1.82, 2.24) is 4.90 Å². The van der Waals surface area contributed by atoms with Crippen molar-refractivity contribution >= 4 is 45.4 Å². The SMILES string of the molecule is COc1ccc(Cl)cc1NC(=O)c1c(NC(=O)CN2CCC(C)CC2)sc2c1CCC2. The fraction of sp³-hybridized carbons (Fsp3) is 0.478. The molecular formula is C23H28ClN3O3S. The molecule has 0 bridgehead atoms. The van der Waals surface area contributed by atoms with Crippen LogP contribution in [0.15, 0.2) is 18.2 Å². The summed E-state index contributed by atoms with van der Waals surface area (Å²) in [7, 11) is 1.55. The molecule has 0 spiro atoms. The molecular weight excluding hydrogens is 434 g/mol. The van der Waals surface area contributed by atoms with Crippen molar-refractivity contribution in [3.05, 3.63) is 39.2 Å². The third-order valence-corrected chi connectivity index (χ3v) is 7.50. The van der Waals surface area contributed by atoms with Gasteiger partial charge in [0.2, 0.25) is 5.91 Å². The van der Waals surface area contributed by atoms with E-state index in [-0.39, 0.29) is 11.8 Å². The molecule has 1 aromatic carbocycles. The van der Waals surface area contributed by atoms with Gasteiger partial charge in [0.15, 0.2) is 0 Å². The van der Waals surface area contributed by atoms with E-state index in [0.717, 1.165) is 56.7 Å². The molecule has 1 aliphatic carbocycles. The second-order valence-electron chi connectivity index (χ2n) is 8.37. The van der Waals surface area contributed by atoms with Crippen molar-refractivity contribution in [2.45, 2.75) is 39.0 Å². The summed E-state index contributed by atoms with van der Waals surface area (Å²) in [5, 5.41) is 7.10. The number of anilines is 2. The van der Waals surface area contributed by atoms with Gasteiger partial charge in [0, 0.05) is 9.90 Å². The standard InChI is InChI=1S/C23H28ClN3O3S/c1-14-8-10-27(11-9-14)13-20(28)26-23-21(16-4-3-5-19(16)31-23)22(29)25-17-12-15(24)6-7-18(17)30-2/h6-7,12,14H,3-5,8-11,13H2,1-2H3,(H,25,29)(H,26,28). The number of benzene rings is 1. The number of fused-ring (bicyclic) bond motifs is 1. The molecule has 8 heteroatoms. The van der Waals surface area contributed by atoms with E-state index in [9.17, 15) is 9.59 Å². The number of hydrogen-bond acceptors (Lipinski definition) is 5. The fourth-order valence-electron chi connectivity index (χ4n) is 4.28. The maximum absolute atomic E-state index is 13.3. The summed E-state index contributed by atoms with van der Waals surface area (Å²) >= 11 is 7.63. The van der Waals surface area contributed by atoms with Crippen molar-refractivity contribution in [2.75, 3.05) is 37.4 Å². The topological polar surface area (TPSA) is 70.7 Å². The van der Waals surface area contributed by atoms with Crippen molar-refractivity contribution in [3.8, 4) is 5.75 Å². The lowest BCUT2D eigenvalue weighted by molar-refractivity contribution is -0.117. The van der Waals surface area contributed by atoms with Crippen molar-refractivity contribution in [1.29, 1.82) is 0 Å². The van der Waals surface area contributed by atoms with Crippen molar-refractivity contribution in [2.24, 2.45) is 5.92 Å². The number of methoxy groups -OCH3 is 1. The number of likely N-dealkylation sites (tertiary alicyclic amines) is 1. The number of carbonyl (C=O) groups excluding carboxylic acids is 2. The highest BCUT2D eigenvalue weighted by molar-refractivity contribution is 7.17. The van der Waals surface area contributed by atoms with Gasteiger partial charge in [-0.2, -0.15) is 0 Å². The number of nitrogens with one attached hydrogen (secondary N) is 2. The minimum atomic E-state index is -0.248. The average Bonchev–Trinajstić information content (AvgIpc) is 3.30. The van der Waals surface area contributed by atoms with E-state index >= 15 is 0 Å². The van der Waals surface area contributed by atoms with Crippen LogP contribution < -0.4 is 15.4 Å². The predicted octanol–water partition coefficient (Wildman–Crippen LogP) is 4.82. The number of nitrogens with zero attached hydrogens (tertiary/aromatic N) is 1. The van der Waals surface area contributed by atoms with Gasteiger partial charge in [-0.3, -0.25) is 14.5 Å². The molecule has 0 atom stereocenters. The molecule has 31 heavy (non-hydrogen) atoms. The summed E-state index contributed by atoms with van der Waals surface area (Å²) in [4.78, 5) is 29.4. The molecule has 166 valence electrons. The summed E-state index contributed by atoms with van der Waals surface area (Å²) in [5.74, 6) is 0.943. The van der Waals surface area contributed by atoms with E-state index < -0.39 is 0 Å². The van der Waals surface area contributed by atoms with E-state index in [2.05, 4.69) is 22.5 Å². The highest BCUT2D eigenvalue weighted by atomic mass is 35.5. The maximum atomic E-state index is 13.3. The Balaban J connectivity index is 1.52. The van der Waals surface area contributed by atoms with Crippen LogP contribution in [0.1, 0.15) is 47.0 Å². The van der Waals surface area contributed by atoms with Crippen LogP contribution in [-0.4, -0.2) is 43.5 Å². The molecule has 2 heterocycles. The van der Waals surface area contributed by atoms with Crippen molar-refractivity contribution in [3.63, 3.8) is 0 Å². The Morgan fingerprint density at radius 2 is 2.00 bits per heavy atom. The Bertz CT molecular complexity index is 983. The minimum absolute atomic E-state index is 0.0659. The zero-order chi connectivity index (χ0) is 22.0. The molecule has 1 aromatic heterocycles. The maximum Gasteiger partial charge on any atom is 0.259 e. The Morgan fingerprint density at radius 3 is 2.74 bits per heavy atom. The third-order valence-electron chi connectivity index (χ3n) is 6.05. The van der Waals surface area contributed by atoms with Gasteiger partial charge in [0.05, 0.1) is 24.9 Å². The molecule has 0 radical (unpaired) electrons. The van der Waals surface area contributed by atoms with Crippen LogP contribution in [0.4, 0.5) is 10.7 Å². The second-order valence-corrected chi connectivity index (χ2v) is 9.91. The summed E-state index contributed by atoms with van der Waals surface area (Å²) < 4.78 is 5.35. The largest absolute Gasteiger partial charge is 0.495 e. The van der Waals surface area contributed by atoms with Crippen LogP contribution in [0.2, 0.25) is 5.02 Å². The lowest BCUT2D eigenvalue weighted by Gasteiger charge is -2.29. The first-order chi connectivity index (χ1) is 14.9. The number of piperidine rings is 1. The normalized spacial score (nSPS) is 16.7. The van der Waals surface area contributed by atoms with Crippen LogP contribution in [0.25, 0.3) is 0 Å². The van der Waals surface area contributed by atoms with Crippen LogP contribution in [-0.2, 0) is 17.6 Å². The predicted molar refractivity (Wildman–Crippen MR) is 126 cm³/mol. The molecule has 1 saturated heterocycles. The van der Waals surface area contributed by atoms with Crippen LogP contribution in [0.3, 0.4) is 0 Å². The zero-order valence-corrected chi connectivity index (χ0v) is 19.5. The van der Waals surface area contributed by atoms with Gasteiger partial charge in [0.25, 0.3) is 5.91 Å². The first kappa shape index (κ1) is 22.1. The van der Waals surface area contributed by atoms with E-state index in [1.807, 2.05) is 0 Å². The smallest absolute Gasteiger partial charge is 0.259 e. The summed E-state index contributed by atoms with van der Waals surface area (Å²) in [6.45, 7) is 4.50. The molecule has 4 rings (SSSR count). The van der Waals surface area contributed by atoms with Gasteiger partial charge in [-0.05, 0) is 74.9 Å². The molecule has 0 saturated carbocycles. The van der Waals surface area contributed by atoms with Gasteiger partial charge in [-0.15, -0.1) is 11.3 Å². The number of amides is 2. The monoisotopic (exact) mass is 461 g/mol. The third kappa shape index (κ3) is 5.05. The van der Waals surface area contributed by atoms with Gasteiger partial charge >= 0.3 is 0 Å². The number of hydrogen-bond donors (Lipinski definition) is 2. The Labute approximate surface area is 191 Å². The molecule has 1 aliphatic heterocycles. The Hall–Kier alpha value is -2.09. The first-order valence-corrected chi connectivity index (χ1v) is 12.0. The number of thiophene rings is 1. The highest BCUT2D eigenvalue weighted by Crippen LogP contribution is 2.40. The van der Waals surface area contributed by atoms with Crippen LogP contribution in [0.5, 0.6) is 5.75 Å². The quantitative estimate of drug-likeness (QED) is 0.646. The number of aryl methyl sites for hydroxylation is 1. The zero-order valence-electron chi connectivity index (χ0n) is 17.9. The minimum Gasteiger partial charge on any atom is -0.495 e. The van der Waals surface area contributed by atoms with Gasteiger partial charge in [-0.1, -0.05) is 18.5 Å². The van der Waals surface area contributed by atoms with Gasteiger partial charge in [0.1, 0.15) is 10.8 Å². The summed E-state index contributed by atoms with van der Waals surface area (Å²) in [6.07, 6.45) is 5.06. The molecule has 1 fully saturated rings. The number of halogens is 1. The molecule has 2 amide bonds. The fourth-order valence-corrected chi connectivity index (χ4v) is 5.76. The second kappa shape index (κ2) is 9.59. The van der Waals surface area contributed by atoms with Crippen LogP contribution >= 0.6 is 22.9 Å². The van der Waals surface area contributed by atoms with Crippen LogP contribution in [0, 0.1) is 5.92 Å². The molecule has 2 aliphatic rings. The van der Waals surface area contributed by atoms with Gasteiger partial charge in [-0.25, -0.2) is 0 Å². The Morgan fingerprint density at radius 1 is 1.23 bits per heavy atom. The summed E-state index contributed by atoms with van der Waals surface area (Å²) in [6, 6.07) is 5.10. The van der Waals surface area contributed by atoms with E-state index in [1.165, 1.54) is 16.2 Å². The van der Waals surface area contributed by atoms with E-state index in [1.54, 1.807) is 25.3 Å². The highest BCUT2D eigenvalue weighted by Gasteiger charge is 2.28. The number of rotatable bonds is 6. The number of carbonyl (C=O) groups is 2. The number of ether oxygens (including phenoxy) is 1. The van der Waals surface area contributed by atoms with Crippen molar-refractivity contribution < 1.29 is 14.3 Å². The average molecular weight is 462 g/mol. The lowest BCUT2D eigenvalue weighted by Crippen LogP contribution is -2.38. The molecule has 6 nitrogen and oxygen atoms in total. The molecule has 2 N–H and O–H groups in total. The van der Waals surface area contributed by atoms with E-state index in [4.69, 9.17) is 16.3 Å². The molecule has 2 aromatic rings. The first-order valence-electron chi connectivity index (χ1n) is 10.8. The summed E-state index contributed by atoms with van der Waals surface area (Å²) in [5.41, 5.74) is 2.13. The van der Waals surface area contributed by atoms with Gasteiger partial charge < -0.3 is 15.4 Å². The Kier molecular flexibility index (Phi) is 6.84. The van der Waals surface area contributed by atoms with E-state index in [0.29, 0.717) is 33.6 Å².